The molecule has 32 valence electrons. The lowest BCUT2D eigenvalue weighted by molar-refractivity contribution is 1.50. The summed E-state index contributed by atoms with van der Waals surface area (Å²) < 4.78 is 3.99. The maximum Gasteiger partial charge on any atom is 0.0258 e. The highest BCUT2D eigenvalue weighted by Gasteiger charge is 1.59. The molecule has 0 heterocycles. The molecule has 0 aromatic rings. The van der Waals surface area contributed by atoms with Crippen LogP contribution in [0.15, 0.2) is 4.74 Å². The zero-order valence-electron chi connectivity index (χ0n) is 3.95. The molecule has 0 bridgehead atoms. The van der Waals surface area contributed by atoms with Gasteiger partial charge in [-0.2, -0.15) is 0 Å². The Morgan fingerprint density at radius 1 is 1.40 bits per heavy atom. The molecule has 0 amide bonds. The van der Waals surface area contributed by atoms with E-state index in [9.17, 15) is 0 Å². The normalized spacial score (nSPS) is 8.80. The Balaban J connectivity index is 3.14. The SMILES string of the molecule is CN=[PH](C)C. The first-order chi connectivity index (χ1) is 2.27. The summed E-state index contributed by atoms with van der Waals surface area (Å²) in [6.45, 7) is 4.31. The van der Waals surface area contributed by atoms with E-state index in [2.05, 4.69) is 18.1 Å². The van der Waals surface area contributed by atoms with Crippen molar-refractivity contribution in [3.8, 4) is 0 Å². The summed E-state index contributed by atoms with van der Waals surface area (Å²) in [5.74, 6) is 0. The van der Waals surface area contributed by atoms with E-state index < -0.39 is 0 Å². The van der Waals surface area contributed by atoms with E-state index in [1.165, 1.54) is 0 Å². The minimum Gasteiger partial charge on any atom is -0.310 e. The molecule has 0 fully saturated rings. The summed E-state index contributed by atoms with van der Waals surface area (Å²) in [5, 5.41) is 0. The molecule has 0 unspecified atom stereocenters. The van der Waals surface area contributed by atoms with E-state index >= 15 is 0 Å². The van der Waals surface area contributed by atoms with Gasteiger partial charge in [-0.25, -0.2) is 0 Å². The Hall–Kier alpha value is 0.230. The second-order valence-electron chi connectivity index (χ2n) is 1.17. The molecule has 0 aliphatic carbocycles. The first kappa shape index (κ1) is 5.23. The van der Waals surface area contributed by atoms with Gasteiger partial charge in [-0.3, -0.25) is 0 Å². The van der Waals surface area contributed by atoms with Gasteiger partial charge in [0.1, 0.15) is 0 Å². The first-order valence-corrected chi connectivity index (χ1v) is 4.12. The molecule has 0 saturated carbocycles. The van der Waals surface area contributed by atoms with Crippen LogP contribution in [0.5, 0.6) is 0 Å². The van der Waals surface area contributed by atoms with Crippen molar-refractivity contribution >= 4 is 7.71 Å². The van der Waals surface area contributed by atoms with E-state index in [1.54, 1.807) is 0 Å². The molecular formula is C3H10NP. The highest BCUT2D eigenvalue weighted by atomic mass is 31.1. The monoisotopic (exact) mass is 91.1 g/mol. The van der Waals surface area contributed by atoms with Gasteiger partial charge in [-0.05, 0) is 21.0 Å². The summed E-state index contributed by atoms with van der Waals surface area (Å²) in [7, 11) is 1.62. The Kier molecular flexibility index (Phi) is 2.58. The molecule has 0 saturated heterocycles. The zero-order chi connectivity index (χ0) is 4.28. The van der Waals surface area contributed by atoms with E-state index in [4.69, 9.17) is 0 Å². The van der Waals surface area contributed by atoms with Crippen molar-refractivity contribution in [2.75, 3.05) is 20.4 Å². The summed E-state index contributed by atoms with van der Waals surface area (Å²) >= 11 is 0. The summed E-state index contributed by atoms with van der Waals surface area (Å²) in [4.78, 5) is 0. The molecule has 0 aliphatic heterocycles. The van der Waals surface area contributed by atoms with Gasteiger partial charge in [0.15, 0.2) is 0 Å². The second kappa shape index (κ2) is 2.47. The van der Waals surface area contributed by atoms with Crippen molar-refractivity contribution in [1.29, 1.82) is 0 Å². The molecule has 0 aliphatic rings. The molecule has 0 N–H and O–H groups in total. The van der Waals surface area contributed by atoms with Gasteiger partial charge in [-0.15, -0.1) is 0 Å². The average molecular weight is 91.1 g/mol. The predicted molar refractivity (Wildman–Crippen MR) is 28.5 cm³/mol. The fourth-order valence-electron chi connectivity index (χ4n) is 0. The van der Waals surface area contributed by atoms with Crippen LogP contribution in [-0.2, 0) is 0 Å². The molecule has 5 heavy (non-hydrogen) atoms. The molecule has 2 heteroatoms. The van der Waals surface area contributed by atoms with Crippen LogP contribution in [-0.4, -0.2) is 20.4 Å². The van der Waals surface area contributed by atoms with E-state index in [1.807, 2.05) is 7.05 Å². The van der Waals surface area contributed by atoms with E-state index in [-0.39, 0.29) is 7.71 Å². The number of rotatable bonds is 0. The molecule has 1 nitrogen and oxygen atoms in total. The number of hydrogen-bond donors (Lipinski definition) is 0. The highest BCUT2D eigenvalue weighted by Crippen LogP contribution is 2.08. The van der Waals surface area contributed by atoms with E-state index in [0.29, 0.717) is 0 Å². The quantitative estimate of drug-likeness (QED) is 0.398. The molecule has 0 spiro atoms. The lowest BCUT2D eigenvalue weighted by atomic mass is 11.6. The lowest BCUT2D eigenvalue weighted by Crippen LogP contribution is -1.42. The largest absolute Gasteiger partial charge is 0.310 e. The zero-order valence-corrected chi connectivity index (χ0v) is 4.95. The molecule has 0 rings (SSSR count). The highest BCUT2D eigenvalue weighted by molar-refractivity contribution is 7.45. The third kappa shape index (κ3) is 4.23. The summed E-state index contributed by atoms with van der Waals surface area (Å²) in [6, 6.07) is 0. The lowest BCUT2D eigenvalue weighted by Gasteiger charge is -1.76. The maximum absolute atomic E-state index is 3.99. The number of hydrogen-bond acceptors (Lipinski definition) is 1. The third-order valence-electron chi connectivity index (χ3n) is 0.447. The topological polar surface area (TPSA) is 12.4 Å². The van der Waals surface area contributed by atoms with Crippen molar-refractivity contribution < 1.29 is 0 Å². The minimum absolute atomic E-state index is 0.249. The Bertz CT molecular complexity index is 44.9. The Morgan fingerprint density at radius 3 is 1.60 bits per heavy atom. The van der Waals surface area contributed by atoms with Gasteiger partial charge in [0.05, 0.1) is 0 Å². The second-order valence-corrected chi connectivity index (χ2v) is 3.51. The van der Waals surface area contributed by atoms with Gasteiger partial charge in [-0.1, -0.05) is 0 Å². The molecule has 0 aromatic heterocycles. The van der Waals surface area contributed by atoms with Gasteiger partial charge in [0.25, 0.3) is 0 Å². The van der Waals surface area contributed by atoms with Gasteiger partial charge in [0.2, 0.25) is 0 Å². The van der Waals surface area contributed by atoms with Crippen LogP contribution in [0.4, 0.5) is 0 Å². The van der Waals surface area contributed by atoms with E-state index in [0.717, 1.165) is 0 Å². The van der Waals surface area contributed by atoms with Gasteiger partial charge >= 0.3 is 0 Å². The van der Waals surface area contributed by atoms with Crippen LogP contribution in [0.3, 0.4) is 0 Å². The minimum atomic E-state index is -0.249. The van der Waals surface area contributed by atoms with Crippen LogP contribution in [0.2, 0.25) is 0 Å². The van der Waals surface area contributed by atoms with Gasteiger partial charge in [0, 0.05) is 7.05 Å². The number of nitrogens with zero attached hydrogens (tertiary/aromatic N) is 1. The summed E-state index contributed by atoms with van der Waals surface area (Å²) in [5.41, 5.74) is 0. The first-order valence-electron chi connectivity index (χ1n) is 1.67. The Labute approximate surface area is 33.9 Å². The fourth-order valence-corrected chi connectivity index (χ4v) is 0. The van der Waals surface area contributed by atoms with Crippen LogP contribution >= 0.6 is 7.71 Å². The van der Waals surface area contributed by atoms with Crippen LogP contribution < -0.4 is 0 Å². The van der Waals surface area contributed by atoms with Crippen LogP contribution in [0.1, 0.15) is 0 Å². The fraction of sp³-hybridized carbons (Fsp3) is 1.00. The van der Waals surface area contributed by atoms with Crippen molar-refractivity contribution in [3.05, 3.63) is 0 Å². The average Bonchev–Trinajstić information content (AvgIpc) is 1.38. The van der Waals surface area contributed by atoms with Crippen LogP contribution in [0, 0.1) is 0 Å². The predicted octanol–water partition coefficient (Wildman–Crippen LogP) is 1.27. The smallest absolute Gasteiger partial charge is 0.0258 e. The van der Waals surface area contributed by atoms with Crippen LogP contribution in [0.25, 0.3) is 0 Å². The standard InChI is InChI=1S/C3H10NP/c1-4-5(2)3/h5H,1-3H3. The van der Waals surface area contributed by atoms with Crippen molar-refractivity contribution in [1.82, 2.24) is 0 Å². The molecule has 0 radical (unpaired) electrons. The Morgan fingerprint density at radius 2 is 1.60 bits per heavy atom. The van der Waals surface area contributed by atoms with Crippen molar-refractivity contribution in [3.63, 3.8) is 0 Å². The molecular weight excluding hydrogens is 81.0 g/mol. The molecule has 0 aromatic carbocycles. The third-order valence-corrected chi connectivity index (χ3v) is 1.34. The van der Waals surface area contributed by atoms with Crippen molar-refractivity contribution in [2.45, 2.75) is 0 Å². The maximum atomic E-state index is 3.99. The van der Waals surface area contributed by atoms with Gasteiger partial charge < -0.3 is 4.74 Å². The van der Waals surface area contributed by atoms with Crippen molar-refractivity contribution in [2.24, 2.45) is 4.74 Å². The molecule has 0 atom stereocenters. The summed E-state index contributed by atoms with van der Waals surface area (Å²) in [6.07, 6.45) is 0.